The van der Waals surface area contributed by atoms with Gasteiger partial charge in [-0.2, -0.15) is 0 Å². The molecular weight excluding hydrogens is 270 g/mol. The first-order valence-corrected chi connectivity index (χ1v) is 8.97. The molecule has 1 atom stereocenters. The fraction of sp³-hybridized carbons (Fsp3) is 1.00. The van der Waals surface area contributed by atoms with Crippen molar-refractivity contribution in [2.24, 2.45) is 0 Å². The van der Waals surface area contributed by atoms with Gasteiger partial charge in [-0.1, -0.05) is 0 Å². The van der Waals surface area contributed by atoms with Gasteiger partial charge < -0.3 is 24.2 Å². The summed E-state index contributed by atoms with van der Waals surface area (Å²) in [5.74, 6) is -0.822. The van der Waals surface area contributed by atoms with Crippen LogP contribution < -0.4 is 0 Å². The van der Waals surface area contributed by atoms with Crippen LogP contribution in [0.1, 0.15) is 20.3 Å². The predicted octanol–water partition coefficient (Wildman–Crippen LogP) is 1.18. The van der Waals surface area contributed by atoms with Crippen LogP contribution in [0.15, 0.2) is 0 Å². The van der Waals surface area contributed by atoms with Crippen molar-refractivity contribution >= 4 is 15.0 Å². The Balaban J connectivity index is 4.40. The highest BCUT2D eigenvalue weighted by Gasteiger charge is 2.33. The summed E-state index contributed by atoms with van der Waals surface area (Å²) in [5, 5.41) is 8.52. The van der Waals surface area contributed by atoms with E-state index >= 15 is 0 Å². The molecule has 0 heterocycles. The van der Waals surface area contributed by atoms with Crippen molar-refractivity contribution in [3.8, 4) is 0 Å². The average Bonchev–Trinajstić information content (AvgIpc) is 2.07. The molecule has 0 aliphatic carbocycles. The van der Waals surface area contributed by atoms with Crippen molar-refractivity contribution in [3.05, 3.63) is 0 Å². The Hall–Kier alpha value is 0.260. The monoisotopic (exact) mass is 290 g/mol. The lowest BCUT2D eigenvalue weighted by molar-refractivity contribution is 0.134. The molecule has 3 N–H and O–H groups in total. The number of hydrogen-bond donors (Lipinski definition) is 3. The topological polar surface area (TPSA) is 113 Å². The minimum Gasteiger partial charge on any atom is -0.396 e. The summed E-state index contributed by atoms with van der Waals surface area (Å²) in [7, 11) is -7.92. The molecule has 0 radical (unpaired) electrons. The van der Waals surface area contributed by atoms with E-state index in [9.17, 15) is 9.13 Å². The van der Waals surface area contributed by atoms with Crippen LogP contribution in [0.25, 0.3) is 0 Å². The summed E-state index contributed by atoms with van der Waals surface area (Å²) in [6.07, 6.45) is -0.387. The normalized spacial score (nSPS) is 16.1. The van der Waals surface area contributed by atoms with E-state index in [-0.39, 0.29) is 19.6 Å². The molecule has 0 rings (SSSR count). The molecule has 0 amide bonds. The van der Waals surface area contributed by atoms with Gasteiger partial charge in [0.05, 0.1) is 6.10 Å². The van der Waals surface area contributed by atoms with Gasteiger partial charge in [0.2, 0.25) is 7.37 Å². The highest BCUT2D eigenvalue weighted by atomic mass is 31.2. The Bertz CT molecular complexity index is 298. The largest absolute Gasteiger partial charge is 0.396 e. The van der Waals surface area contributed by atoms with Crippen molar-refractivity contribution in [2.45, 2.75) is 26.4 Å². The van der Waals surface area contributed by atoms with Crippen LogP contribution in [0, 0.1) is 0 Å². The summed E-state index contributed by atoms with van der Waals surface area (Å²) < 4.78 is 33.0. The second-order valence-electron chi connectivity index (χ2n) is 3.89. The van der Waals surface area contributed by atoms with Crippen molar-refractivity contribution in [1.29, 1.82) is 0 Å². The minimum absolute atomic E-state index is 0.0617. The molecule has 0 aliphatic rings. The Kier molecular flexibility index (Phi) is 7.76. The first kappa shape index (κ1) is 17.3. The zero-order chi connectivity index (χ0) is 13.5. The van der Waals surface area contributed by atoms with Gasteiger partial charge in [0.25, 0.3) is 0 Å². The molecule has 7 nitrogen and oxygen atoms in total. The zero-order valence-corrected chi connectivity index (χ0v) is 11.8. The molecule has 17 heavy (non-hydrogen) atoms. The lowest BCUT2D eigenvalue weighted by Gasteiger charge is -2.21. The number of aliphatic hydroxyl groups is 1. The molecule has 0 aliphatic heterocycles. The maximum atomic E-state index is 12.1. The molecule has 0 aromatic carbocycles. The third-order valence-electron chi connectivity index (χ3n) is 1.54. The highest BCUT2D eigenvalue weighted by molar-refractivity contribution is 7.73. The second kappa shape index (κ2) is 7.64. The zero-order valence-electron chi connectivity index (χ0n) is 9.98. The van der Waals surface area contributed by atoms with Crippen LogP contribution in [0.3, 0.4) is 0 Å². The van der Waals surface area contributed by atoms with Gasteiger partial charge in [-0.05, 0) is 20.3 Å². The molecule has 104 valence electrons. The molecule has 0 spiro atoms. The SMILES string of the molecule is CC(C)OP(=O)(COCCCO)CP(=O)(O)O. The molecule has 0 fully saturated rings. The van der Waals surface area contributed by atoms with E-state index in [1.807, 2.05) is 0 Å². The van der Waals surface area contributed by atoms with Gasteiger partial charge in [0.1, 0.15) is 12.3 Å². The number of hydrogen-bond acceptors (Lipinski definition) is 5. The Labute approximate surface area is 101 Å². The van der Waals surface area contributed by atoms with Gasteiger partial charge in [0.15, 0.2) is 0 Å². The Morgan fingerprint density at radius 1 is 1.24 bits per heavy atom. The smallest absolute Gasteiger partial charge is 0.335 e. The molecule has 0 bridgehead atoms. The third-order valence-corrected chi connectivity index (χ3v) is 6.12. The van der Waals surface area contributed by atoms with Gasteiger partial charge in [-0.15, -0.1) is 0 Å². The van der Waals surface area contributed by atoms with E-state index in [0.717, 1.165) is 0 Å². The lowest BCUT2D eigenvalue weighted by atomic mass is 10.5. The highest BCUT2D eigenvalue weighted by Crippen LogP contribution is 2.58. The number of ether oxygens (including phenoxy) is 1. The van der Waals surface area contributed by atoms with Crippen molar-refractivity contribution < 1.29 is 33.3 Å². The van der Waals surface area contributed by atoms with E-state index in [1.54, 1.807) is 13.8 Å². The fourth-order valence-corrected chi connectivity index (χ4v) is 5.22. The fourth-order valence-electron chi connectivity index (χ4n) is 1.14. The molecule has 1 unspecified atom stereocenters. The summed E-state index contributed by atoms with van der Waals surface area (Å²) in [6.45, 7) is 3.36. The molecular formula is C8H20O7P2. The van der Waals surface area contributed by atoms with Gasteiger partial charge >= 0.3 is 7.60 Å². The first-order chi connectivity index (χ1) is 7.68. The summed E-state index contributed by atoms with van der Waals surface area (Å²) >= 11 is 0. The molecule has 0 aromatic rings. The summed E-state index contributed by atoms with van der Waals surface area (Å²) in [6, 6.07) is 0. The number of aliphatic hydroxyl groups excluding tert-OH is 1. The van der Waals surface area contributed by atoms with Crippen LogP contribution in [0.4, 0.5) is 0 Å². The maximum Gasteiger partial charge on any atom is 0.335 e. The number of rotatable bonds is 9. The third kappa shape index (κ3) is 9.92. The predicted molar refractivity (Wildman–Crippen MR) is 63.3 cm³/mol. The van der Waals surface area contributed by atoms with E-state index in [1.165, 1.54) is 0 Å². The maximum absolute atomic E-state index is 12.1. The molecule has 9 heteroatoms. The molecule has 0 saturated heterocycles. The van der Waals surface area contributed by atoms with E-state index < -0.39 is 27.0 Å². The molecule has 0 saturated carbocycles. The Morgan fingerprint density at radius 2 is 1.82 bits per heavy atom. The van der Waals surface area contributed by atoms with Gasteiger partial charge in [-0.25, -0.2) is 0 Å². The minimum atomic E-state index is -4.42. The van der Waals surface area contributed by atoms with Crippen LogP contribution in [-0.2, 0) is 18.4 Å². The van der Waals surface area contributed by atoms with Crippen molar-refractivity contribution in [1.82, 2.24) is 0 Å². The van der Waals surface area contributed by atoms with E-state index in [0.29, 0.717) is 6.42 Å². The van der Waals surface area contributed by atoms with Gasteiger partial charge in [0, 0.05) is 13.2 Å². The first-order valence-electron chi connectivity index (χ1n) is 5.18. The van der Waals surface area contributed by atoms with Gasteiger partial charge in [-0.3, -0.25) is 9.13 Å². The van der Waals surface area contributed by atoms with Crippen molar-refractivity contribution in [3.63, 3.8) is 0 Å². The average molecular weight is 290 g/mol. The van der Waals surface area contributed by atoms with Crippen LogP contribution in [-0.4, -0.2) is 46.5 Å². The summed E-state index contributed by atoms with van der Waals surface area (Å²) in [5.41, 5.74) is 0. The molecule has 0 aromatic heterocycles. The standard InChI is InChI=1S/C8H20O7P2/c1-8(2)15-16(10,7-17(11,12)13)6-14-5-3-4-9/h8-9H,3-7H2,1-2H3,(H2,11,12,13). The lowest BCUT2D eigenvalue weighted by Crippen LogP contribution is -2.09. The second-order valence-corrected chi connectivity index (χ2v) is 8.45. The van der Waals surface area contributed by atoms with Crippen LogP contribution >= 0.6 is 15.0 Å². The van der Waals surface area contributed by atoms with E-state index in [4.69, 9.17) is 24.2 Å². The van der Waals surface area contributed by atoms with Crippen molar-refractivity contribution in [2.75, 3.05) is 25.5 Å². The summed E-state index contributed by atoms with van der Waals surface area (Å²) in [4.78, 5) is 17.7. The van der Waals surface area contributed by atoms with Crippen LogP contribution in [0.2, 0.25) is 0 Å². The van der Waals surface area contributed by atoms with Crippen LogP contribution in [0.5, 0.6) is 0 Å². The van der Waals surface area contributed by atoms with E-state index in [2.05, 4.69) is 0 Å². The Morgan fingerprint density at radius 3 is 2.24 bits per heavy atom. The quantitative estimate of drug-likeness (QED) is 0.431.